The summed E-state index contributed by atoms with van der Waals surface area (Å²) >= 11 is 6.09. The summed E-state index contributed by atoms with van der Waals surface area (Å²) in [7, 11) is 0. The fourth-order valence-corrected chi connectivity index (χ4v) is 3.79. The molecule has 0 aliphatic carbocycles. The average Bonchev–Trinajstić information content (AvgIpc) is 2.93. The summed E-state index contributed by atoms with van der Waals surface area (Å²) in [5.74, 6) is -0.128. The molecule has 0 saturated heterocycles. The number of carbonyl (C=O) groups excluding carboxylic acids is 1. The largest absolute Gasteiger partial charge is 0.345 e. The van der Waals surface area contributed by atoms with Crippen molar-refractivity contribution in [1.82, 2.24) is 20.1 Å². The van der Waals surface area contributed by atoms with Crippen LogP contribution in [0, 0.1) is 20.8 Å². The van der Waals surface area contributed by atoms with Crippen molar-refractivity contribution in [3.63, 3.8) is 0 Å². The van der Waals surface area contributed by atoms with E-state index in [1.165, 1.54) is 0 Å². The highest BCUT2D eigenvalue weighted by molar-refractivity contribution is 6.31. The van der Waals surface area contributed by atoms with Gasteiger partial charge in [-0.15, -0.1) is 0 Å². The molecule has 5 nitrogen and oxygen atoms in total. The van der Waals surface area contributed by atoms with Crippen LogP contribution in [0.5, 0.6) is 0 Å². The Kier molecular flexibility index (Phi) is 5.51. The third-order valence-corrected chi connectivity index (χ3v) is 5.25. The molecule has 142 valence electrons. The number of aromatic nitrogens is 3. The molecule has 1 amide bonds. The summed E-state index contributed by atoms with van der Waals surface area (Å²) in [4.78, 5) is 17.6. The van der Waals surface area contributed by atoms with E-state index < -0.39 is 0 Å². The number of aryl methyl sites for hydroxylation is 3. The lowest BCUT2D eigenvalue weighted by Crippen LogP contribution is -2.29. The van der Waals surface area contributed by atoms with E-state index in [2.05, 4.69) is 36.2 Å². The molecule has 0 aliphatic heterocycles. The fourth-order valence-electron chi connectivity index (χ4n) is 3.61. The van der Waals surface area contributed by atoms with Crippen molar-refractivity contribution in [1.29, 1.82) is 0 Å². The first-order chi connectivity index (χ1) is 12.8. The molecular weight excluding hydrogens is 360 g/mol. The summed E-state index contributed by atoms with van der Waals surface area (Å²) < 4.78 is 1.98. The number of amides is 1. The Balaban J connectivity index is 1.95. The molecule has 6 heteroatoms. The lowest BCUT2D eigenvalue weighted by atomic mass is 10.0. The third-order valence-electron chi connectivity index (χ3n) is 5.01. The first-order valence-electron chi connectivity index (χ1n) is 9.27. The minimum Gasteiger partial charge on any atom is -0.345 e. The predicted molar refractivity (Wildman–Crippen MR) is 109 cm³/mol. The van der Waals surface area contributed by atoms with E-state index in [-0.39, 0.29) is 11.9 Å². The van der Waals surface area contributed by atoms with Crippen molar-refractivity contribution in [2.45, 2.75) is 53.6 Å². The van der Waals surface area contributed by atoms with E-state index in [0.717, 1.165) is 40.8 Å². The molecule has 0 fully saturated rings. The van der Waals surface area contributed by atoms with Gasteiger partial charge in [-0.2, -0.15) is 5.10 Å². The van der Waals surface area contributed by atoms with Crippen LogP contribution in [0.15, 0.2) is 24.3 Å². The van der Waals surface area contributed by atoms with E-state index in [4.69, 9.17) is 11.6 Å². The number of hydrogen-bond acceptors (Lipinski definition) is 3. The Labute approximate surface area is 164 Å². The molecule has 1 N–H and O–H groups in total. The minimum absolute atomic E-state index is 0.0905. The topological polar surface area (TPSA) is 59.8 Å². The van der Waals surface area contributed by atoms with Crippen LogP contribution in [-0.2, 0) is 6.54 Å². The molecule has 0 radical (unpaired) electrons. The first-order valence-corrected chi connectivity index (χ1v) is 9.65. The predicted octanol–water partition coefficient (Wildman–Crippen LogP) is 4.91. The van der Waals surface area contributed by atoms with Gasteiger partial charge in [0.15, 0.2) is 0 Å². The van der Waals surface area contributed by atoms with Crippen LogP contribution in [0.3, 0.4) is 0 Å². The van der Waals surface area contributed by atoms with Gasteiger partial charge in [0.2, 0.25) is 0 Å². The van der Waals surface area contributed by atoms with Crippen LogP contribution in [0.25, 0.3) is 10.9 Å². The number of rotatable bonds is 5. The van der Waals surface area contributed by atoms with E-state index in [9.17, 15) is 4.79 Å². The van der Waals surface area contributed by atoms with Crippen molar-refractivity contribution in [2.75, 3.05) is 0 Å². The minimum atomic E-state index is -0.128. The van der Waals surface area contributed by atoms with Crippen LogP contribution in [-0.4, -0.2) is 20.7 Å². The SMILES string of the molecule is CC[C@@H](NC(=O)c1cc2cc(Cl)ccc2nc1C)c1c(C)nn(CC)c1C. The zero-order chi connectivity index (χ0) is 19.7. The molecular formula is C21H25ClN4O. The number of hydrogen-bond donors (Lipinski definition) is 1. The van der Waals surface area contributed by atoms with E-state index in [1.54, 1.807) is 6.07 Å². The second kappa shape index (κ2) is 7.69. The molecule has 27 heavy (non-hydrogen) atoms. The quantitative estimate of drug-likeness (QED) is 0.679. The Hall–Kier alpha value is -2.40. The van der Waals surface area contributed by atoms with Gasteiger partial charge in [0.05, 0.1) is 28.5 Å². The number of pyridine rings is 1. The van der Waals surface area contributed by atoms with Crippen LogP contribution < -0.4 is 5.32 Å². The van der Waals surface area contributed by atoms with Crippen molar-refractivity contribution in [3.8, 4) is 0 Å². The van der Waals surface area contributed by atoms with E-state index >= 15 is 0 Å². The van der Waals surface area contributed by atoms with Crippen LogP contribution in [0.4, 0.5) is 0 Å². The fraction of sp³-hybridized carbons (Fsp3) is 0.381. The van der Waals surface area contributed by atoms with E-state index in [0.29, 0.717) is 16.3 Å². The Morgan fingerprint density at radius 2 is 1.93 bits per heavy atom. The van der Waals surface area contributed by atoms with Crippen LogP contribution >= 0.6 is 11.6 Å². The van der Waals surface area contributed by atoms with Crippen LogP contribution in [0.2, 0.25) is 5.02 Å². The Bertz CT molecular complexity index is 1010. The lowest BCUT2D eigenvalue weighted by Gasteiger charge is -2.19. The second-order valence-electron chi connectivity index (χ2n) is 6.79. The van der Waals surface area contributed by atoms with E-state index in [1.807, 2.05) is 36.7 Å². The summed E-state index contributed by atoms with van der Waals surface area (Å²) in [6.07, 6.45) is 0.786. The first kappa shape index (κ1) is 19.4. The van der Waals surface area contributed by atoms with Gasteiger partial charge >= 0.3 is 0 Å². The molecule has 0 aliphatic rings. The Morgan fingerprint density at radius 3 is 2.56 bits per heavy atom. The highest BCUT2D eigenvalue weighted by Crippen LogP contribution is 2.26. The average molecular weight is 385 g/mol. The summed E-state index contributed by atoms with van der Waals surface area (Å²) in [6.45, 7) is 10.9. The normalized spacial score (nSPS) is 12.4. The van der Waals surface area contributed by atoms with Gasteiger partial charge < -0.3 is 5.32 Å². The number of nitrogens with one attached hydrogen (secondary N) is 1. The number of halogens is 1. The monoisotopic (exact) mass is 384 g/mol. The second-order valence-corrected chi connectivity index (χ2v) is 7.23. The number of benzene rings is 1. The van der Waals surface area contributed by atoms with Gasteiger partial charge in [-0.25, -0.2) is 0 Å². The molecule has 0 saturated carbocycles. The third kappa shape index (κ3) is 3.69. The maximum absolute atomic E-state index is 13.0. The molecule has 1 atom stereocenters. The molecule has 3 rings (SSSR count). The maximum Gasteiger partial charge on any atom is 0.253 e. The molecule has 0 spiro atoms. The van der Waals surface area contributed by atoms with Gasteiger partial charge in [0.25, 0.3) is 5.91 Å². The Morgan fingerprint density at radius 1 is 1.19 bits per heavy atom. The van der Waals surface area contributed by atoms with Gasteiger partial charge in [0, 0.05) is 28.2 Å². The molecule has 3 aromatic rings. The molecule has 0 unspecified atom stereocenters. The van der Waals surface area contributed by atoms with Crippen molar-refractivity contribution in [2.24, 2.45) is 0 Å². The molecule has 2 heterocycles. The zero-order valence-electron chi connectivity index (χ0n) is 16.4. The van der Waals surface area contributed by atoms with Crippen molar-refractivity contribution >= 4 is 28.4 Å². The van der Waals surface area contributed by atoms with Crippen molar-refractivity contribution < 1.29 is 4.79 Å². The number of carbonyl (C=O) groups is 1. The summed E-state index contributed by atoms with van der Waals surface area (Å²) in [5.41, 5.74) is 5.26. The highest BCUT2D eigenvalue weighted by Gasteiger charge is 2.22. The van der Waals surface area contributed by atoms with Crippen LogP contribution in [0.1, 0.15) is 59.3 Å². The molecule has 2 aromatic heterocycles. The summed E-state index contributed by atoms with van der Waals surface area (Å²) in [5, 5.41) is 9.24. The number of nitrogens with zero attached hydrogens (tertiary/aromatic N) is 3. The molecule has 1 aromatic carbocycles. The lowest BCUT2D eigenvalue weighted by molar-refractivity contribution is 0.0934. The highest BCUT2D eigenvalue weighted by atomic mass is 35.5. The summed E-state index contributed by atoms with van der Waals surface area (Å²) in [6, 6.07) is 7.28. The number of fused-ring (bicyclic) bond motifs is 1. The molecule has 0 bridgehead atoms. The van der Waals surface area contributed by atoms with Gasteiger partial charge in [-0.05, 0) is 58.4 Å². The zero-order valence-corrected chi connectivity index (χ0v) is 17.2. The van der Waals surface area contributed by atoms with Gasteiger partial charge in [-0.1, -0.05) is 18.5 Å². The van der Waals surface area contributed by atoms with Gasteiger partial charge in [-0.3, -0.25) is 14.5 Å². The standard InChI is InChI=1S/C21H25ClN4O/c1-6-18(20-13(4)25-26(7-2)14(20)5)24-21(27)17-11-15-10-16(22)8-9-19(15)23-12(17)3/h8-11,18H,6-7H2,1-5H3,(H,24,27)/t18-/m1/s1. The maximum atomic E-state index is 13.0. The van der Waals surface area contributed by atoms with Gasteiger partial charge in [0.1, 0.15) is 0 Å². The smallest absolute Gasteiger partial charge is 0.253 e. The van der Waals surface area contributed by atoms with Crippen molar-refractivity contribution in [3.05, 3.63) is 57.5 Å².